The smallest absolute Gasteiger partial charge is 0.240 e. The van der Waals surface area contributed by atoms with Crippen molar-refractivity contribution >= 4 is 11.8 Å². The van der Waals surface area contributed by atoms with Crippen molar-refractivity contribution in [3.05, 3.63) is 90.3 Å². The van der Waals surface area contributed by atoms with E-state index in [2.05, 4.69) is 43.2 Å². The first-order valence-corrected chi connectivity index (χ1v) is 13.2. The third-order valence-electron chi connectivity index (χ3n) is 6.46. The summed E-state index contributed by atoms with van der Waals surface area (Å²) in [5, 5.41) is 16.9. The van der Waals surface area contributed by atoms with Crippen molar-refractivity contribution in [2.75, 3.05) is 6.61 Å². The predicted molar refractivity (Wildman–Crippen MR) is 153 cm³/mol. The van der Waals surface area contributed by atoms with Crippen LogP contribution < -0.4 is 15.8 Å². The number of carbonyl (C=O) groups excluding carboxylic acids is 2. The Bertz CT molecular complexity index is 1430. The Balaban J connectivity index is 1.40. The highest BCUT2D eigenvalue weighted by molar-refractivity contribution is 5.86. The molecule has 0 saturated carbocycles. The number of phenols is 1. The molecule has 2 aromatic heterocycles. The number of rotatable bonds is 11. The lowest BCUT2D eigenvalue weighted by Crippen LogP contribution is -2.45. The maximum atomic E-state index is 12.6. The van der Waals surface area contributed by atoms with Gasteiger partial charge in [-0.1, -0.05) is 45.0 Å². The molecule has 208 valence electrons. The average molecular weight is 542 g/mol. The second kappa shape index (κ2) is 12.5. The number of nitrogens with two attached hydrogens (primary N) is 1. The molecular weight excluding hydrogens is 506 g/mol. The van der Waals surface area contributed by atoms with Gasteiger partial charge in [0, 0.05) is 36.9 Å². The van der Waals surface area contributed by atoms with Crippen LogP contribution in [0.2, 0.25) is 0 Å². The highest BCUT2D eigenvalue weighted by Crippen LogP contribution is 2.28. The molecule has 4 rings (SSSR count). The number of ether oxygens (including phenoxy) is 1. The molecule has 4 N–H and O–H groups in total. The van der Waals surface area contributed by atoms with E-state index in [0.717, 1.165) is 22.5 Å². The number of pyridine rings is 1. The number of nitrogens with zero attached hydrogens (tertiary/aromatic N) is 3. The van der Waals surface area contributed by atoms with Crippen LogP contribution >= 0.6 is 0 Å². The summed E-state index contributed by atoms with van der Waals surface area (Å²) >= 11 is 0. The standard InChI is InChI=1S/C31H35N5O4/c1-31(2,3)23-10-12-24(13-11-23)36-29(19-26(35-36)22-6-4-16-33-20-22)40-17-5-7-28(38)34-27(30(32)39)18-21-8-14-25(37)15-9-21/h4,6,8-16,19-20,27,37H,5,7,17-18H2,1-3H3,(H2,32,39)(H,34,38). The van der Waals surface area contributed by atoms with Gasteiger partial charge in [-0.15, -0.1) is 0 Å². The molecule has 0 aliphatic carbocycles. The molecule has 0 aliphatic rings. The number of hydrogen-bond acceptors (Lipinski definition) is 6. The van der Waals surface area contributed by atoms with E-state index in [0.29, 0.717) is 12.3 Å². The van der Waals surface area contributed by atoms with Crippen LogP contribution in [-0.2, 0) is 21.4 Å². The number of aromatic nitrogens is 3. The summed E-state index contributed by atoms with van der Waals surface area (Å²) in [6.45, 7) is 6.77. The van der Waals surface area contributed by atoms with Gasteiger partial charge in [0.15, 0.2) is 0 Å². The fourth-order valence-corrected chi connectivity index (χ4v) is 4.18. The Morgan fingerprint density at radius 1 is 1.07 bits per heavy atom. The number of nitrogens with one attached hydrogen (secondary N) is 1. The number of primary amides is 1. The zero-order valence-electron chi connectivity index (χ0n) is 23.0. The number of amides is 2. The highest BCUT2D eigenvalue weighted by atomic mass is 16.5. The molecule has 0 bridgehead atoms. The zero-order chi connectivity index (χ0) is 28.7. The Morgan fingerprint density at radius 2 is 1.80 bits per heavy atom. The average Bonchev–Trinajstić information content (AvgIpc) is 3.36. The van der Waals surface area contributed by atoms with Crippen LogP contribution in [0.5, 0.6) is 11.6 Å². The van der Waals surface area contributed by atoms with E-state index < -0.39 is 11.9 Å². The summed E-state index contributed by atoms with van der Waals surface area (Å²) < 4.78 is 7.83. The molecule has 2 amide bonds. The van der Waals surface area contributed by atoms with Crippen LogP contribution in [0.3, 0.4) is 0 Å². The number of phenolic OH excluding ortho intramolecular Hbond substituents is 1. The molecule has 0 radical (unpaired) electrons. The predicted octanol–water partition coefficient (Wildman–Crippen LogP) is 4.31. The minimum Gasteiger partial charge on any atom is -0.508 e. The van der Waals surface area contributed by atoms with E-state index >= 15 is 0 Å². The molecule has 2 heterocycles. The van der Waals surface area contributed by atoms with Gasteiger partial charge in [0.2, 0.25) is 17.7 Å². The highest BCUT2D eigenvalue weighted by Gasteiger charge is 2.19. The van der Waals surface area contributed by atoms with Crippen LogP contribution in [0.15, 0.2) is 79.1 Å². The van der Waals surface area contributed by atoms with Crippen molar-refractivity contribution in [2.45, 2.75) is 51.5 Å². The summed E-state index contributed by atoms with van der Waals surface area (Å²) in [5.74, 6) is -0.250. The molecule has 0 saturated heterocycles. The van der Waals surface area contributed by atoms with Gasteiger partial charge in [0.05, 0.1) is 18.0 Å². The lowest BCUT2D eigenvalue weighted by molar-refractivity contribution is -0.127. The molecule has 9 nitrogen and oxygen atoms in total. The monoisotopic (exact) mass is 541 g/mol. The molecule has 0 aliphatic heterocycles. The van der Waals surface area contributed by atoms with Gasteiger partial charge in [0.25, 0.3) is 0 Å². The van der Waals surface area contributed by atoms with Crippen LogP contribution in [0.1, 0.15) is 44.7 Å². The van der Waals surface area contributed by atoms with E-state index in [1.54, 1.807) is 29.2 Å². The van der Waals surface area contributed by atoms with Gasteiger partial charge >= 0.3 is 0 Å². The first-order valence-electron chi connectivity index (χ1n) is 13.2. The molecule has 1 atom stereocenters. The van der Waals surface area contributed by atoms with Crippen molar-refractivity contribution < 1.29 is 19.4 Å². The van der Waals surface area contributed by atoms with Crippen molar-refractivity contribution in [2.24, 2.45) is 5.73 Å². The van der Waals surface area contributed by atoms with Gasteiger partial charge in [-0.25, -0.2) is 4.68 Å². The van der Waals surface area contributed by atoms with E-state index in [1.165, 1.54) is 17.7 Å². The Hall–Kier alpha value is -4.66. The number of carbonyl (C=O) groups is 2. The van der Waals surface area contributed by atoms with E-state index in [9.17, 15) is 14.7 Å². The second-order valence-electron chi connectivity index (χ2n) is 10.7. The SMILES string of the molecule is CC(C)(C)c1ccc(-n2nc(-c3cccnc3)cc2OCCCC(=O)NC(Cc2ccc(O)cc2)C(N)=O)cc1. The Kier molecular flexibility index (Phi) is 8.83. The lowest BCUT2D eigenvalue weighted by atomic mass is 9.87. The third-order valence-corrected chi connectivity index (χ3v) is 6.46. The first-order chi connectivity index (χ1) is 19.1. The molecule has 9 heteroatoms. The number of aromatic hydroxyl groups is 1. The molecule has 40 heavy (non-hydrogen) atoms. The maximum Gasteiger partial charge on any atom is 0.240 e. The minimum atomic E-state index is -0.850. The fourth-order valence-electron chi connectivity index (χ4n) is 4.18. The van der Waals surface area contributed by atoms with E-state index in [-0.39, 0.29) is 36.5 Å². The van der Waals surface area contributed by atoms with Gasteiger partial charge in [-0.2, -0.15) is 5.10 Å². The largest absolute Gasteiger partial charge is 0.508 e. The normalized spacial score (nSPS) is 12.1. The van der Waals surface area contributed by atoms with Crippen LogP contribution in [0.25, 0.3) is 16.9 Å². The second-order valence-corrected chi connectivity index (χ2v) is 10.7. The minimum absolute atomic E-state index is 0.0288. The van der Waals surface area contributed by atoms with Gasteiger partial charge in [-0.05, 0) is 59.4 Å². The van der Waals surface area contributed by atoms with E-state index in [4.69, 9.17) is 15.6 Å². The summed E-state index contributed by atoms with van der Waals surface area (Å²) in [4.78, 5) is 28.7. The molecule has 0 spiro atoms. The van der Waals surface area contributed by atoms with Crippen LogP contribution in [-0.4, -0.2) is 44.3 Å². The van der Waals surface area contributed by atoms with Crippen molar-refractivity contribution in [3.8, 4) is 28.6 Å². The summed E-state index contributed by atoms with van der Waals surface area (Å²) in [6.07, 6.45) is 4.27. The topological polar surface area (TPSA) is 132 Å². The van der Waals surface area contributed by atoms with Crippen molar-refractivity contribution in [1.82, 2.24) is 20.1 Å². The Labute approximate surface area is 234 Å². The number of benzene rings is 2. The molecular formula is C31H35N5O4. The molecule has 4 aromatic rings. The van der Waals surface area contributed by atoms with Crippen molar-refractivity contribution in [3.63, 3.8) is 0 Å². The fraction of sp³-hybridized carbons (Fsp3) is 0.290. The van der Waals surface area contributed by atoms with Gasteiger partial charge < -0.3 is 20.9 Å². The summed E-state index contributed by atoms with van der Waals surface area (Å²) in [6, 6.07) is 19.4. The van der Waals surface area contributed by atoms with Crippen molar-refractivity contribution in [1.29, 1.82) is 0 Å². The molecule has 1 unspecified atom stereocenters. The first kappa shape index (κ1) is 28.4. The summed E-state index contributed by atoms with van der Waals surface area (Å²) in [7, 11) is 0. The lowest BCUT2D eigenvalue weighted by Gasteiger charge is -2.19. The van der Waals surface area contributed by atoms with Crippen LogP contribution in [0.4, 0.5) is 0 Å². The molecule has 2 aromatic carbocycles. The number of hydrogen-bond donors (Lipinski definition) is 3. The Morgan fingerprint density at radius 3 is 2.42 bits per heavy atom. The zero-order valence-corrected chi connectivity index (χ0v) is 23.0. The van der Waals surface area contributed by atoms with Crippen LogP contribution in [0, 0.1) is 0 Å². The quantitative estimate of drug-likeness (QED) is 0.243. The third kappa shape index (κ3) is 7.47. The molecule has 0 fully saturated rings. The van der Waals surface area contributed by atoms with Gasteiger partial charge in [-0.3, -0.25) is 14.6 Å². The maximum absolute atomic E-state index is 12.6. The summed E-state index contributed by atoms with van der Waals surface area (Å²) in [5.41, 5.74) is 9.97. The van der Waals surface area contributed by atoms with Gasteiger partial charge in [0.1, 0.15) is 11.8 Å². The van der Waals surface area contributed by atoms with E-state index in [1.807, 2.05) is 30.3 Å².